The molecule has 0 aromatic heterocycles. The van der Waals surface area contributed by atoms with Crippen molar-refractivity contribution in [2.45, 2.75) is 60.4 Å². The highest BCUT2D eigenvalue weighted by molar-refractivity contribution is 9.10. The number of nitrogens with one attached hydrogen (secondary N) is 1. The van der Waals surface area contributed by atoms with Crippen molar-refractivity contribution in [3.63, 3.8) is 0 Å². The van der Waals surface area contributed by atoms with Gasteiger partial charge in [-0.05, 0) is 72.9 Å². The minimum absolute atomic E-state index is 0.230. The van der Waals surface area contributed by atoms with Crippen LogP contribution in [0.2, 0.25) is 0 Å². The van der Waals surface area contributed by atoms with Gasteiger partial charge in [0, 0.05) is 34.6 Å². The van der Waals surface area contributed by atoms with Crippen molar-refractivity contribution in [2.75, 3.05) is 16.8 Å². The maximum atomic E-state index is 4.30. The fourth-order valence-electron chi connectivity index (χ4n) is 4.28. The van der Waals surface area contributed by atoms with E-state index in [1.54, 1.807) is 0 Å². The van der Waals surface area contributed by atoms with Crippen molar-refractivity contribution in [1.29, 1.82) is 0 Å². The van der Waals surface area contributed by atoms with Gasteiger partial charge in [-0.1, -0.05) is 61.5 Å². The molecule has 0 spiro atoms. The number of rotatable bonds is 5. The summed E-state index contributed by atoms with van der Waals surface area (Å²) in [5.41, 5.74) is 9.45. The van der Waals surface area contributed by atoms with Crippen LogP contribution in [0.5, 0.6) is 0 Å². The van der Waals surface area contributed by atoms with E-state index in [-0.39, 0.29) is 5.41 Å². The van der Waals surface area contributed by atoms with E-state index < -0.39 is 0 Å². The fraction of sp³-hybridized carbons (Fsp3) is 0.440. The summed E-state index contributed by atoms with van der Waals surface area (Å²) in [4.78, 5) is 2.55. The average molecular weight is 441 g/mol. The number of allylic oxidation sites excluding steroid dienone is 1. The molecular weight excluding hydrogens is 408 g/mol. The van der Waals surface area contributed by atoms with E-state index in [1.807, 2.05) is 0 Å². The normalized spacial score (nSPS) is 14.0. The summed E-state index contributed by atoms with van der Waals surface area (Å²) in [6, 6.07) is 11.1. The number of hydrogen-bond acceptors (Lipinski definition) is 2. The first-order valence-corrected chi connectivity index (χ1v) is 11.0. The highest BCUT2D eigenvalue weighted by atomic mass is 79.9. The Kier molecular flexibility index (Phi) is 6.24. The lowest BCUT2D eigenvalue weighted by Crippen LogP contribution is -2.30. The van der Waals surface area contributed by atoms with Crippen molar-refractivity contribution >= 4 is 27.3 Å². The van der Waals surface area contributed by atoms with E-state index in [1.165, 1.54) is 40.0 Å². The number of halogens is 1. The molecule has 0 radical (unpaired) electrons. The van der Waals surface area contributed by atoms with E-state index in [4.69, 9.17) is 0 Å². The monoisotopic (exact) mass is 440 g/mol. The van der Waals surface area contributed by atoms with Crippen LogP contribution >= 0.6 is 15.9 Å². The molecule has 1 aliphatic heterocycles. The molecule has 3 rings (SSSR count). The van der Waals surface area contributed by atoms with Gasteiger partial charge in [-0.2, -0.15) is 0 Å². The molecule has 0 bridgehead atoms. The lowest BCUT2D eigenvalue weighted by Gasteiger charge is -2.35. The quantitative estimate of drug-likeness (QED) is 0.521. The first kappa shape index (κ1) is 21.0. The van der Waals surface area contributed by atoms with E-state index in [9.17, 15) is 0 Å². The van der Waals surface area contributed by atoms with Crippen LogP contribution in [0.25, 0.3) is 0 Å². The third-order valence-electron chi connectivity index (χ3n) is 5.34. The van der Waals surface area contributed by atoms with Crippen molar-refractivity contribution in [3.8, 4) is 0 Å². The standard InChI is InChI=1S/C25H33BrN2/c1-17-14-21-8-7-13-28(16-20-9-11-22(26)12-10-20)24(21)19(3)23(17)27-18(2)15-25(4,5)6/h9-12,14,27H,2,7-8,13,15-16H2,1,3-6H3. The van der Waals surface area contributed by atoms with Crippen LogP contribution in [0.3, 0.4) is 0 Å². The topological polar surface area (TPSA) is 15.3 Å². The number of benzene rings is 2. The zero-order valence-corrected chi connectivity index (χ0v) is 19.5. The van der Waals surface area contributed by atoms with Crippen LogP contribution in [0, 0.1) is 19.3 Å². The van der Waals surface area contributed by atoms with E-state index in [0.717, 1.165) is 36.1 Å². The maximum Gasteiger partial charge on any atom is 0.0462 e. The molecule has 1 N–H and O–H groups in total. The van der Waals surface area contributed by atoms with Crippen LogP contribution in [-0.4, -0.2) is 6.54 Å². The maximum absolute atomic E-state index is 4.30. The lowest BCUT2D eigenvalue weighted by atomic mass is 9.90. The average Bonchev–Trinajstić information content (AvgIpc) is 2.59. The summed E-state index contributed by atoms with van der Waals surface area (Å²) >= 11 is 3.54. The van der Waals surface area contributed by atoms with Gasteiger partial charge in [0.05, 0.1) is 0 Å². The highest BCUT2D eigenvalue weighted by Crippen LogP contribution is 2.39. The number of nitrogens with zero attached hydrogens (tertiary/aromatic N) is 1. The minimum Gasteiger partial charge on any atom is -0.367 e. The largest absolute Gasteiger partial charge is 0.367 e. The Morgan fingerprint density at radius 3 is 2.50 bits per heavy atom. The smallest absolute Gasteiger partial charge is 0.0462 e. The predicted molar refractivity (Wildman–Crippen MR) is 126 cm³/mol. The van der Waals surface area contributed by atoms with Crippen molar-refractivity contribution in [3.05, 3.63) is 69.3 Å². The van der Waals surface area contributed by atoms with Crippen LogP contribution in [0.4, 0.5) is 11.4 Å². The number of fused-ring (bicyclic) bond motifs is 1. The molecule has 0 amide bonds. The van der Waals surface area contributed by atoms with Gasteiger partial charge in [0.1, 0.15) is 0 Å². The Labute approximate surface area is 179 Å². The summed E-state index contributed by atoms with van der Waals surface area (Å²) < 4.78 is 1.13. The molecule has 2 nitrogen and oxygen atoms in total. The first-order valence-electron chi connectivity index (χ1n) is 10.2. The second-order valence-electron chi connectivity index (χ2n) is 9.32. The minimum atomic E-state index is 0.230. The molecule has 0 fully saturated rings. The van der Waals surface area contributed by atoms with Crippen LogP contribution in [-0.2, 0) is 13.0 Å². The van der Waals surface area contributed by atoms with E-state index in [2.05, 4.69) is 97.7 Å². The van der Waals surface area contributed by atoms with Crippen LogP contribution in [0.1, 0.15) is 55.9 Å². The number of hydrogen-bond donors (Lipinski definition) is 1. The molecule has 0 saturated carbocycles. The summed E-state index contributed by atoms with van der Waals surface area (Å²) in [5.74, 6) is 0. The Morgan fingerprint density at radius 1 is 1.18 bits per heavy atom. The van der Waals surface area contributed by atoms with Gasteiger partial charge in [-0.3, -0.25) is 0 Å². The third kappa shape index (κ3) is 5.00. The molecule has 0 saturated heterocycles. The zero-order chi connectivity index (χ0) is 20.5. The molecule has 28 heavy (non-hydrogen) atoms. The summed E-state index contributed by atoms with van der Waals surface area (Å²) in [6.07, 6.45) is 3.34. The molecule has 0 aliphatic carbocycles. The van der Waals surface area contributed by atoms with Gasteiger partial charge in [0.2, 0.25) is 0 Å². The Balaban J connectivity index is 1.91. The van der Waals surface area contributed by atoms with Crippen molar-refractivity contribution in [2.24, 2.45) is 5.41 Å². The Bertz CT molecular complexity index is 860. The molecule has 1 aliphatic rings. The van der Waals surface area contributed by atoms with E-state index >= 15 is 0 Å². The van der Waals surface area contributed by atoms with Gasteiger partial charge in [-0.25, -0.2) is 0 Å². The molecule has 150 valence electrons. The summed E-state index contributed by atoms with van der Waals surface area (Å²) in [7, 11) is 0. The van der Waals surface area contributed by atoms with Gasteiger partial charge in [0.15, 0.2) is 0 Å². The second-order valence-corrected chi connectivity index (χ2v) is 10.2. The molecule has 2 aromatic rings. The van der Waals surface area contributed by atoms with Crippen molar-refractivity contribution in [1.82, 2.24) is 0 Å². The number of anilines is 2. The molecule has 0 unspecified atom stereocenters. The van der Waals surface area contributed by atoms with Crippen LogP contribution in [0.15, 0.2) is 47.1 Å². The lowest BCUT2D eigenvalue weighted by molar-refractivity contribution is 0.411. The SMILES string of the molecule is C=C(CC(C)(C)C)Nc1c(C)cc2c(c1C)N(Cc1ccc(Br)cc1)CCC2. The molecule has 1 heterocycles. The Morgan fingerprint density at radius 2 is 1.86 bits per heavy atom. The summed E-state index contributed by atoms with van der Waals surface area (Å²) in [6.45, 7) is 17.6. The first-order chi connectivity index (χ1) is 13.1. The molecule has 3 heteroatoms. The highest BCUT2D eigenvalue weighted by Gasteiger charge is 2.23. The van der Waals surface area contributed by atoms with Gasteiger partial charge >= 0.3 is 0 Å². The van der Waals surface area contributed by atoms with Crippen LogP contribution < -0.4 is 10.2 Å². The van der Waals surface area contributed by atoms with Gasteiger partial charge < -0.3 is 10.2 Å². The Hall–Kier alpha value is -1.74. The molecule has 2 aromatic carbocycles. The third-order valence-corrected chi connectivity index (χ3v) is 5.87. The van der Waals surface area contributed by atoms with Gasteiger partial charge in [-0.15, -0.1) is 0 Å². The summed E-state index contributed by atoms with van der Waals surface area (Å²) in [5, 5.41) is 3.65. The molecule has 0 atom stereocenters. The predicted octanol–water partition coefficient (Wildman–Crippen LogP) is 7.38. The second kappa shape index (κ2) is 8.32. The molecular formula is C25H33BrN2. The van der Waals surface area contributed by atoms with Gasteiger partial charge in [0.25, 0.3) is 0 Å². The zero-order valence-electron chi connectivity index (χ0n) is 18.0. The van der Waals surface area contributed by atoms with Crippen molar-refractivity contribution < 1.29 is 0 Å². The fourth-order valence-corrected chi connectivity index (χ4v) is 4.55. The van der Waals surface area contributed by atoms with E-state index in [0.29, 0.717) is 0 Å². The number of aryl methyl sites for hydroxylation is 2.